The second kappa shape index (κ2) is 4.70. The van der Waals surface area contributed by atoms with Gasteiger partial charge < -0.3 is 0 Å². The quantitative estimate of drug-likeness (QED) is 0.351. The standard InChI is InChI=1S/C5H9Si/c1-3-4-5-6-2/h1,3-5H,6H2,2H3. The van der Waals surface area contributed by atoms with Crippen LogP contribution in [0.25, 0.3) is 0 Å². The van der Waals surface area contributed by atoms with Crippen LogP contribution in [0.2, 0.25) is 6.55 Å². The molecular weight excluding hydrogens is 88.1 g/mol. The summed E-state index contributed by atoms with van der Waals surface area (Å²) in [5.74, 6) is 0. The van der Waals surface area contributed by atoms with Crippen molar-refractivity contribution in [2.75, 3.05) is 0 Å². The van der Waals surface area contributed by atoms with Gasteiger partial charge >= 0.3 is 0 Å². The van der Waals surface area contributed by atoms with Gasteiger partial charge in [-0.15, -0.1) is 5.70 Å². The van der Waals surface area contributed by atoms with Crippen molar-refractivity contribution in [1.29, 1.82) is 0 Å². The molecule has 0 saturated carbocycles. The maximum absolute atomic E-state index is 5.03. The van der Waals surface area contributed by atoms with E-state index in [1.54, 1.807) is 6.08 Å². The zero-order chi connectivity index (χ0) is 4.83. The molecule has 0 rings (SSSR count). The maximum Gasteiger partial charge on any atom is 0.0423 e. The monoisotopic (exact) mass is 97.0 g/mol. The summed E-state index contributed by atoms with van der Waals surface area (Å²) in [6, 6.07) is 0. The van der Waals surface area contributed by atoms with Crippen LogP contribution in [0.15, 0.2) is 17.9 Å². The Kier molecular flexibility index (Phi) is 4.46. The van der Waals surface area contributed by atoms with E-state index in [9.17, 15) is 0 Å². The van der Waals surface area contributed by atoms with E-state index in [2.05, 4.69) is 12.2 Å². The average molecular weight is 97.2 g/mol. The highest BCUT2D eigenvalue weighted by Crippen LogP contribution is 1.66. The Labute approximate surface area is 41.4 Å². The summed E-state index contributed by atoms with van der Waals surface area (Å²) in [4.78, 5) is 0. The van der Waals surface area contributed by atoms with Crippen molar-refractivity contribution in [3.63, 3.8) is 0 Å². The molecule has 0 atom stereocenters. The molecule has 0 fully saturated rings. The van der Waals surface area contributed by atoms with Crippen LogP contribution in [0.4, 0.5) is 0 Å². The molecule has 0 nitrogen and oxygen atoms in total. The molecule has 0 aromatic carbocycles. The lowest BCUT2D eigenvalue weighted by Crippen LogP contribution is -1.65. The van der Waals surface area contributed by atoms with Gasteiger partial charge in [-0.1, -0.05) is 25.3 Å². The van der Waals surface area contributed by atoms with E-state index in [0.29, 0.717) is 0 Å². The van der Waals surface area contributed by atoms with Gasteiger partial charge in [0.05, 0.1) is 0 Å². The van der Waals surface area contributed by atoms with E-state index >= 15 is 0 Å². The summed E-state index contributed by atoms with van der Waals surface area (Å²) < 4.78 is 0. The summed E-state index contributed by atoms with van der Waals surface area (Å²) in [7, 11) is 0.111. The maximum atomic E-state index is 5.03. The molecule has 0 heterocycles. The predicted octanol–water partition coefficient (Wildman–Crippen LogP) is 0.706. The lowest BCUT2D eigenvalue weighted by atomic mass is 10.6. The normalized spacial score (nSPS) is 11.5. The van der Waals surface area contributed by atoms with Gasteiger partial charge in [-0.2, -0.15) is 0 Å². The lowest BCUT2D eigenvalue weighted by molar-refractivity contribution is 2.05. The first-order valence-electron chi connectivity index (χ1n) is 2.12. The minimum absolute atomic E-state index is 0.111. The average Bonchev–Trinajstić information content (AvgIpc) is 1.61. The molecule has 6 heavy (non-hydrogen) atoms. The van der Waals surface area contributed by atoms with Crippen LogP contribution in [0.5, 0.6) is 0 Å². The van der Waals surface area contributed by atoms with Gasteiger partial charge in [0.25, 0.3) is 0 Å². The van der Waals surface area contributed by atoms with Crippen molar-refractivity contribution in [3.05, 3.63) is 24.4 Å². The van der Waals surface area contributed by atoms with E-state index < -0.39 is 0 Å². The summed E-state index contributed by atoms with van der Waals surface area (Å²) in [5.41, 5.74) is 2.14. The molecule has 1 heteroatoms. The Morgan fingerprint density at radius 1 is 1.67 bits per heavy atom. The van der Waals surface area contributed by atoms with E-state index in [4.69, 9.17) is 6.58 Å². The van der Waals surface area contributed by atoms with Gasteiger partial charge in [-0.25, -0.2) is 0 Å². The fourth-order valence-electron chi connectivity index (χ4n) is 0.215. The third-order valence-electron chi connectivity index (χ3n) is 0.483. The fraction of sp³-hybridized carbons (Fsp3) is 0.200. The second-order valence-corrected chi connectivity index (χ2v) is 2.32. The fourth-order valence-corrected chi connectivity index (χ4v) is 0.644. The van der Waals surface area contributed by atoms with Gasteiger partial charge in [0.15, 0.2) is 0 Å². The van der Waals surface area contributed by atoms with E-state index in [1.165, 1.54) is 0 Å². The largest absolute Gasteiger partial charge is 0.102 e. The molecule has 0 amide bonds. The van der Waals surface area contributed by atoms with Crippen molar-refractivity contribution in [1.82, 2.24) is 0 Å². The van der Waals surface area contributed by atoms with Crippen LogP contribution in [0.3, 0.4) is 0 Å². The molecule has 0 unspecified atom stereocenters. The minimum atomic E-state index is 0.111. The van der Waals surface area contributed by atoms with Crippen LogP contribution in [0, 0.1) is 6.58 Å². The van der Waals surface area contributed by atoms with Crippen LogP contribution in [0.1, 0.15) is 0 Å². The number of hydrogen-bond donors (Lipinski definition) is 0. The number of allylic oxidation sites excluding steroid dienone is 2. The predicted molar refractivity (Wildman–Crippen MR) is 32.4 cm³/mol. The Morgan fingerprint density at radius 2 is 2.33 bits per heavy atom. The van der Waals surface area contributed by atoms with Crippen molar-refractivity contribution >= 4 is 9.52 Å². The summed E-state index contributed by atoms with van der Waals surface area (Å²) in [6.07, 6.45) is 3.46. The Balaban J connectivity index is 2.94. The van der Waals surface area contributed by atoms with Crippen molar-refractivity contribution in [2.45, 2.75) is 6.55 Å². The topological polar surface area (TPSA) is 0 Å². The van der Waals surface area contributed by atoms with Gasteiger partial charge in [0.1, 0.15) is 0 Å². The second-order valence-electron chi connectivity index (χ2n) is 1.03. The zero-order valence-electron chi connectivity index (χ0n) is 4.02. The van der Waals surface area contributed by atoms with Crippen LogP contribution in [-0.2, 0) is 0 Å². The summed E-state index contributed by atoms with van der Waals surface area (Å²) >= 11 is 0. The van der Waals surface area contributed by atoms with Crippen LogP contribution >= 0.6 is 0 Å². The van der Waals surface area contributed by atoms with E-state index in [0.717, 1.165) is 0 Å². The SMILES string of the molecule is [CH]=CC=C[SiH2]C. The van der Waals surface area contributed by atoms with Gasteiger partial charge in [0, 0.05) is 9.52 Å². The molecule has 0 aromatic heterocycles. The molecule has 0 aliphatic carbocycles. The third-order valence-corrected chi connectivity index (χ3v) is 1.23. The zero-order valence-corrected chi connectivity index (χ0v) is 5.43. The molecule has 0 bridgehead atoms. The van der Waals surface area contributed by atoms with Crippen molar-refractivity contribution < 1.29 is 0 Å². The molecule has 1 radical (unpaired) electrons. The molecular formula is C5H9Si. The molecule has 0 aliphatic rings. The Morgan fingerprint density at radius 3 is 2.50 bits per heavy atom. The third kappa shape index (κ3) is 3.70. The smallest absolute Gasteiger partial charge is 0.0423 e. The first-order chi connectivity index (χ1) is 2.91. The number of hydrogen-bond acceptors (Lipinski definition) is 0. The molecule has 0 aromatic rings. The van der Waals surface area contributed by atoms with Gasteiger partial charge in [0.2, 0.25) is 0 Å². The van der Waals surface area contributed by atoms with Crippen molar-refractivity contribution in [2.24, 2.45) is 0 Å². The number of rotatable bonds is 2. The Bertz CT molecular complexity index is 55.0. The molecule has 0 aliphatic heterocycles. The first-order valence-corrected chi connectivity index (χ1v) is 4.35. The van der Waals surface area contributed by atoms with Crippen LogP contribution < -0.4 is 0 Å². The first kappa shape index (κ1) is 5.70. The highest BCUT2D eigenvalue weighted by Gasteiger charge is 1.57. The highest BCUT2D eigenvalue weighted by atomic mass is 28.2. The summed E-state index contributed by atoms with van der Waals surface area (Å²) in [6.45, 7) is 7.23. The van der Waals surface area contributed by atoms with Crippen LogP contribution in [-0.4, -0.2) is 9.52 Å². The lowest BCUT2D eigenvalue weighted by Gasteiger charge is -1.66. The Hall–Kier alpha value is -0.303. The highest BCUT2D eigenvalue weighted by molar-refractivity contribution is 6.40. The molecule has 0 spiro atoms. The van der Waals surface area contributed by atoms with Gasteiger partial charge in [-0.05, 0) is 0 Å². The van der Waals surface area contributed by atoms with Crippen molar-refractivity contribution in [3.8, 4) is 0 Å². The molecule has 0 saturated heterocycles. The van der Waals surface area contributed by atoms with E-state index in [-0.39, 0.29) is 9.52 Å². The van der Waals surface area contributed by atoms with Gasteiger partial charge in [-0.3, -0.25) is 0 Å². The molecule has 0 N–H and O–H groups in total. The molecule has 33 valence electrons. The minimum Gasteiger partial charge on any atom is -0.102 e. The van der Waals surface area contributed by atoms with E-state index in [1.807, 2.05) is 6.08 Å². The summed E-state index contributed by atoms with van der Waals surface area (Å²) in [5, 5.41) is 0.